The highest BCUT2D eigenvalue weighted by molar-refractivity contribution is 7.18. The zero-order chi connectivity index (χ0) is 13.1. The second-order valence-electron chi connectivity index (χ2n) is 4.03. The van der Waals surface area contributed by atoms with Crippen LogP contribution in [0.15, 0.2) is 23.6 Å². The molecular formula is C12H15N3OS2. The summed E-state index contributed by atoms with van der Waals surface area (Å²) in [4.78, 5) is 15.2. The first kappa shape index (κ1) is 12.9. The lowest BCUT2D eigenvalue weighted by Crippen LogP contribution is -2.21. The summed E-state index contributed by atoms with van der Waals surface area (Å²) in [6.07, 6.45) is 0. The Morgan fingerprint density at radius 2 is 2.28 bits per heavy atom. The molecule has 0 aliphatic carbocycles. The minimum atomic E-state index is -0.0540. The zero-order valence-electron chi connectivity index (χ0n) is 10.3. The quantitative estimate of drug-likeness (QED) is 0.906. The molecule has 1 amide bonds. The van der Waals surface area contributed by atoms with Crippen LogP contribution in [0.25, 0.3) is 0 Å². The minimum absolute atomic E-state index is 0.0540. The summed E-state index contributed by atoms with van der Waals surface area (Å²) in [5, 5.41) is 6.25. The third-order valence-corrected chi connectivity index (χ3v) is 4.35. The summed E-state index contributed by atoms with van der Waals surface area (Å²) < 4.78 is 0. The lowest BCUT2D eigenvalue weighted by atomic mass is 10.3. The first-order valence-electron chi connectivity index (χ1n) is 5.45. The number of nitrogen functional groups attached to an aromatic ring is 1. The topological polar surface area (TPSA) is 58.4 Å². The van der Waals surface area contributed by atoms with Gasteiger partial charge in [-0.15, -0.1) is 22.7 Å². The standard InChI is InChI=1S/C12H15N3OS2/c1-15(2)12(16)11-9(13)6-10(18-11)14-7-8-4-3-5-17-8/h3-6,14H,7,13H2,1-2H3. The van der Waals surface area contributed by atoms with Crippen molar-refractivity contribution in [3.05, 3.63) is 33.3 Å². The fourth-order valence-electron chi connectivity index (χ4n) is 1.45. The van der Waals surface area contributed by atoms with Crippen LogP contribution in [0.1, 0.15) is 14.5 Å². The molecule has 2 aromatic heterocycles. The molecule has 0 aliphatic rings. The highest BCUT2D eigenvalue weighted by Crippen LogP contribution is 2.30. The Balaban J connectivity index is 2.07. The predicted octanol–water partition coefficient (Wildman–Crippen LogP) is 2.71. The van der Waals surface area contributed by atoms with Crippen LogP contribution < -0.4 is 11.1 Å². The van der Waals surface area contributed by atoms with Crippen molar-refractivity contribution in [3.63, 3.8) is 0 Å². The Hall–Kier alpha value is -1.53. The van der Waals surface area contributed by atoms with E-state index < -0.39 is 0 Å². The van der Waals surface area contributed by atoms with Crippen LogP contribution in [0, 0.1) is 0 Å². The molecular weight excluding hydrogens is 266 g/mol. The molecule has 3 N–H and O–H groups in total. The lowest BCUT2D eigenvalue weighted by Gasteiger charge is -2.08. The highest BCUT2D eigenvalue weighted by atomic mass is 32.1. The van der Waals surface area contributed by atoms with Crippen LogP contribution in [0.5, 0.6) is 0 Å². The number of anilines is 2. The van der Waals surface area contributed by atoms with Crippen LogP contribution in [0.2, 0.25) is 0 Å². The molecule has 0 fully saturated rings. The summed E-state index contributed by atoms with van der Waals surface area (Å²) >= 11 is 3.10. The van der Waals surface area contributed by atoms with Crippen LogP contribution in [0.4, 0.5) is 10.7 Å². The molecule has 0 atom stereocenters. The van der Waals surface area contributed by atoms with Gasteiger partial charge in [-0.25, -0.2) is 0 Å². The van der Waals surface area contributed by atoms with Gasteiger partial charge in [-0.1, -0.05) is 6.07 Å². The number of rotatable bonds is 4. The molecule has 2 aromatic rings. The Bertz CT molecular complexity index is 532. The van der Waals surface area contributed by atoms with Crippen molar-refractivity contribution in [2.45, 2.75) is 6.54 Å². The smallest absolute Gasteiger partial charge is 0.265 e. The number of amides is 1. The van der Waals surface area contributed by atoms with Crippen molar-refractivity contribution in [1.82, 2.24) is 4.90 Å². The molecule has 2 rings (SSSR count). The third-order valence-electron chi connectivity index (χ3n) is 2.38. The van der Waals surface area contributed by atoms with Gasteiger partial charge in [0.2, 0.25) is 0 Å². The molecule has 0 aliphatic heterocycles. The fourth-order valence-corrected chi connectivity index (χ4v) is 3.09. The Morgan fingerprint density at radius 3 is 2.89 bits per heavy atom. The van der Waals surface area contributed by atoms with Gasteiger partial charge in [-0.3, -0.25) is 4.79 Å². The number of nitrogens with one attached hydrogen (secondary N) is 1. The van der Waals surface area contributed by atoms with Gasteiger partial charge in [0.15, 0.2) is 0 Å². The minimum Gasteiger partial charge on any atom is -0.397 e. The Labute approximate surface area is 114 Å². The number of hydrogen-bond acceptors (Lipinski definition) is 5. The SMILES string of the molecule is CN(C)C(=O)c1sc(NCc2cccs2)cc1N. The molecule has 96 valence electrons. The van der Waals surface area contributed by atoms with E-state index in [9.17, 15) is 4.79 Å². The van der Waals surface area contributed by atoms with Crippen molar-refractivity contribution in [2.75, 3.05) is 25.1 Å². The van der Waals surface area contributed by atoms with Crippen LogP contribution in [-0.2, 0) is 6.54 Å². The first-order chi connectivity index (χ1) is 8.58. The van der Waals surface area contributed by atoms with Gasteiger partial charge in [0, 0.05) is 19.0 Å². The Kier molecular flexibility index (Phi) is 3.88. The number of nitrogens with two attached hydrogens (primary N) is 1. The average Bonchev–Trinajstić information content (AvgIpc) is 2.94. The maximum Gasteiger partial charge on any atom is 0.265 e. The van der Waals surface area contributed by atoms with E-state index in [0.717, 1.165) is 11.5 Å². The van der Waals surface area contributed by atoms with E-state index in [4.69, 9.17) is 5.73 Å². The lowest BCUT2D eigenvalue weighted by molar-refractivity contribution is 0.0833. The van der Waals surface area contributed by atoms with Gasteiger partial charge in [-0.05, 0) is 17.5 Å². The van der Waals surface area contributed by atoms with E-state index in [1.54, 1.807) is 25.4 Å². The van der Waals surface area contributed by atoms with Crippen LogP contribution >= 0.6 is 22.7 Å². The molecule has 0 saturated heterocycles. The maximum absolute atomic E-state index is 11.8. The third kappa shape index (κ3) is 2.83. The first-order valence-corrected chi connectivity index (χ1v) is 7.14. The van der Waals surface area contributed by atoms with E-state index in [0.29, 0.717) is 10.6 Å². The van der Waals surface area contributed by atoms with Crippen LogP contribution in [-0.4, -0.2) is 24.9 Å². The molecule has 18 heavy (non-hydrogen) atoms. The van der Waals surface area contributed by atoms with Gasteiger partial charge >= 0.3 is 0 Å². The normalized spacial score (nSPS) is 10.3. The molecule has 0 saturated carbocycles. The summed E-state index contributed by atoms with van der Waals surface area (Å²) in [7, 11) is 3.44. The van der Waals surface area contributed by atoms with Gasteiger partial charge < -0.3 is 16.0 Å². The molecule has 0 radical (unpaired) electrons. The van der Waals surface area contributed by atoms with E-state index in [2.05, 4.69) is 11.4 Å². The summed E-state index contributed by atoms with van der Waals surface area (Å²) in [5.74, 6) is -0.0540. The molecule has 6 heteroatoms. The predicted molar refractivity (Wildman–Crippen MR) is 78.4 cm³/mol. The average molecular weight is 281 g/mol. The van der Waals surface area contributed by atoms with E-state index in [1.807, 2.05) is 17.5 Å². The monoisotopic (exact) mass is 281 g/mol. The van der Waals surface area contributed by atoms with Gasteiger partial charge in [0.1, 0.15) is 4.88 Å². The molecule has 0 bridgehead atoms. The van der Waals surface area contributed by atoms with Gasteiger partial charge in [-0.2, -0.15) is 0 Å². The second kappa shape index (κ2) is 5.41. The van der Waals surface area contributed by atoms with Crippen molar-refractivity contribution >= 4 is 39.3 Å². The van der Waals surface area contributed by atoms with Crippen LogP contribution in [0.3, 0.4) is 0 Å². The molecule has 2 heterocycles. The van der Waals surface area contributed by atoms with Crippen molar-refractivity contribution in [2.24, 2.45) is 0 Å². The van der Waals surface area contributed by atoms with E-state index in [-0.39, 0.29) is 5.91 Å². The number of nitrogens with zero attached hydrogens (tertiary/aromatic N) is 1. The zero-order valence-corrected chi connectivity index (χ0v) is 11.9. The summed E-state index contributed by atoms with van der Waals surface area (Å²) in [6, 6.07) is 5.90. The second-order valence-corrected chi connectivity index (χ2v) is 6.11. The highest BCUT2D eigenvalue weighted by Gasteiger charge is 2.15. The van der Waals surface area contributed by atoms with Gasteiger partial charge in [0.05, 0.1) is 17.2 Å². The number of thiophene rings is 2. The Morgan fingerprint density at radius 1 is 1.50 bits per heavy atom. The molecule has 0 spiro atoms. The summed E-state index contributed by atoms with van der Waals surface area (Å²) in [5.41, 5.74) is 6.39. The van der Waals surface area contributed by atoms with E-state index >= 15 is 0 Å². The maximum atomic E-state index is 11.8. The molecule has 4 nitrogen and oxygen atoms in total. The van der Waals surface area contributed by atoms with Gasteiger partial charge in [0.25, 0.3) is 5.91 Å². The largest absolute Gasteiger partial charge is 0.397 e. The number of carbonyl (C=O) groups excluding carboxylic acids is 1. The number of hydrogen-bond donors (Lipinski definition) is 2. The van der Waals surface area contributed by atoms with Crippen molar-refractivity contribution < 1.29 is 4.79 Å². The molecule has 0 aromatic carbocycles. The van der Waals surface area contributed by atoms with Crippen molar-refractivity contribution in [3.8, 4) is 0 Å². The summed E-state index contributed by atoms with van der Waals surface area (Å²) in [6.45, 7) is 0.757. The van der Waals surface area contributed by atoms with Crippen molar-refractivity contribution in [1.29, 1.82) is 0 Å². The number of carbonyl (C=O) groups is 1. The molecule has 0 unspecified atom stereocenters. The van der Waals surface area contributed by atoms with E-state index in [1.165, 1.54) is 21.1 Å². The fraction of sp³-hybridized carbons (Fsp3) is 0.250.